The maximum atomic E-state index is 12.6. The van der Waals surface area contributed by atoms with Crippen molar-refractivity contribution >= 4 is 5.78 Å². The van der Waals surface area contributed by atoms with E-state index in [-0.39, 0.29) is 12.0 Å². The molecule has 0 aliphatic heterocycles. The van der Waals surface area contributed by atoms with E-state index >= 15 is 0 Å². The van der Waals surface area contributed by atoms with Crippen LogP contribution >= 0.6 is 0 Å². The monoisotopic (exact) mass is 444 g/mol. The lowest BCUT2D eigenvalue weighted by Crippen LogP contribution is -2.38. The van der Waals surface area contributed by atoms with E-state index < -0.39 is 5.60 Å². The van der Waals surface area contributed by atoms with Crippen molar-refractivity contribution in [3.8, 4) is 0 Å². The molecule has 1 fully saturated rings. The smallest absolute Gasteiger partial charge is 0.144 e. The predicted octanol–water partition coefficient (Wildman–Crippen LogP) is 6.89. The van der Waals surface area contributed by atoms with Crippen LogP contribution in [0.4, 0.5) is 0 Å². The molecular weight excluding hydrogens is 416 g/mol. The molecule has 0 spiro atoms. The van der Waals surface area contributed by atoms with E-state index in [1.54, 1.807) is 0 Å². The zero-order chi connectivity index (χ0) is 23.0. The topological polar surface area (TPSA) is 26.3 Å². The number of rotatable bonds is 5. The van der Waals surface area contributed by atoms with Gasteiger partial charge in [0.1, 0.15) is 11.4 Å². The number of benzene rings is 4. The van der Waals surface area contributed by atoms with Crippen LogP contribution in [0.15, 0.2) is 115 Å². The first-order valence-electron chi connectivity index (χ1n) is 12.2. The van der Waals surface area contributed by atoms with Crippen molar-refractivity contribution in [2.24, 2.45) is 11.8 Å². The molecule has 1 saturated carbocycles. The van der Waals surface area contributed by atoms with Crippen LogP contribution in [-0.4, -0.2) is 5.78 Å². The van der Waals surface area contributed by atoms with Gasteiger partial charge in [-0.3, -0.25) is 4.79 Å². The van der Waals surface area contributed by atoms with E-state index in [9.17, 15) is 4.79 Å². The van der Waals surface area contributed by atoms with Gasteiger partial charge in [-0.15, -0.1) is 0 Å². The molecule has 2 aliphatic carbocycles. The highest BCUT2D eigenvalue weighted by molar-refractivity contribution is 5.81. The van der Waals surface area contributed by atoms with Crippen LogP contribution in [0.2, 0.25) is 0 Å². The molecule has 0 aromatic heterocycles. The summed E-state index contributed by atoms with van der Waals surface area (Å²) in [5.41, 5.74) is 5.02. The molecule has 0 N–H and O–H groups in total. The highest BCUT2D eigenvalue weighted by Gasteiger charge is 2.48. The van der Waals surface area contributed by atoms with E-state index in [0.29, 0.717) is 24.5 Å². The third kappa shape index (κ3) is 3.50. The molecule has 2 aliphatic rings. The van der Waals surface area contributed by atoms with Gasteiger partial charge >= 0.3 is 0 Å². The Bertz CT molecular complexity index is 1180. The maximum Gasteiger partial charge on any atom is 0.144 e. The fourth-order valence-corrected chi connectivity index (χ4v) is 6.11. The number of ether oxygens (including phenoxy) is 1. The number of carbonyl (C=O) groups is 1. The van der Waals surface area contributed by atoms with Crippen molar-refractivity contribution < 1.29 is 9.53 Å². The van der Waals surface area contributed by atoms with Crippen molar-refractivity contribution in [3.05, 3.63) is 143 Å². The zero-order valence-corrected chi connectivity index (χ0v) is 19.1. The first-order chi connectivity index (χ1) is 16.8. The molecule has 34 heavy (non-hydrogen) atoms. The molecular formula is C32H28O2. The molecule has 4 aromatic carbocycles. The van der Waals surface area contributed by atoms with Crippen LogP contribution in [0, 0.1) is 11.8 Å². The van der Waals surface area contributed by atoms with Crippen molar-refractivity contribution in [3.63, 3.8) is 0 Å². The summed E-state index contributed by atoms with van der Waals surface area (Å²) in [5, 5.41) is 0. The molecule has 168 valence electrons. The lowest BCUT2D eigenvalue weighted by molar-refractivity contribution is -0.119. The molecule has 2 heteroatoms. The van der Waals surface area contributed by atoms with Crippen molar-refractivity contribution in [1.82, 2.24) is 0 Å². The summed E-state index contributed by atoms with van der Waals surface area (Å²) in [7, 11) is 0. The first kappa shape index (κ1) is 21.1. The van der Waals surface area contributed by atoms with Crippen LogP contribution < -0.4 is 0 Å². The van der Waals surface area contributed by atoms with Crippen molar-refractivity contribution in [2.45, 2.75) is 31.0 Å². The molecule has 0 bridgehead atoms. The van der Waals surface area contributed by atoms with E-state index in [0.717, 1.165) is 23.1 Å². The summed E-state index contributed by atoms with van der Waals surface area (Å²) < 4.78 is 7.47. The molecule has 2 nitrogen and oxygen atoms in total. The van der Waals surface area contributed by atoms with Crippen molar-refractivity contribution in [1.29, 1.82) is 0 Å². The minimum atomic E-state index is -0.797. The van der Waals surface area contributed by atoms with E-state index in [4.69, 9.17) is 4.74 Å². The molecule has 3 atom stereocenters. The Hall–Kier alpha value is -3.49. The molecule has 0 amide bonds. The average molecular weight is 445 g/mol. The summed E-state index contributed by atoms with van der Waals surface area (Å²) in [5.74, 6) is 0.895. The van der Waals surface area contributed by atoms with Gasteiger partial charge in [-0.05, 0) is 46.1 Å². The van der Waals surface area contributed by atoms with Crippen LogP contribution in [0.1, 0.15) is 46.8 Å². The summed E-state index contributed by atoms with van der Waals surface area (Å²) in [6, 6.07) is 40.2. The Labute approximate surface area is 201 Å². The third-order valence-corrected chi connectivity index (χ3v) is 7.64. The number of ketones is 1. The Balaban J connectivity index is 1.59. The second kappa shape index (κ2) is 8.70. The summed E-state index contributed by atoms with van der Waals surface area (Å²) in [4.78, 5) is 12.6. The Kier molecular flexibility index (Phi) is 5.39. The minimum absolute atomic E-state index is 0.165. The molecule has 6 rings (SSSR count). The van der Waals surface area contributed by atoms with Gasteiger partial charge in [-0.2, -0.15) is 0 Å². The van der Waals surface area contributed by atoms with Gasteiger partial charge in [0, 0.05) is 12.8 Å². The summed E-state index contributed by atoms with van der Waals surface area (Å²) in [6.45, 7) is 0. The SMILES string of the molecule is O=C1CC2Cc3ccccc3C(OC(c3ccccc3)(c3ccccc3)c3ccccc3)C2C1. The Morgan fingerprint density at radius 1 is 0.588 bits per heavy atom. The normalized spacial score (nSPS) is 21.6. The van der Waals surface area contributed by atoms with Crippen LogP contribution in [0.3, 0.4) is 0 Å². The van der Waals surface area contributed by atoms with Gasteiger partial charge in [0.15, 0.2) is 0 Å². The zero-order valence-electron chi connectivity index (χ0n) is 19.1. The van der Waals surface area contributed by atoms with Gasteiger partial charge < -0.3 is 4.74 Å². The molecule has 0 heterocycles. The lowest BCUT2D eigenvalue weighted by Gasteiger charge is -2.44. The molecule has 0 radical (unpaired) electrons. The second-order valence-corrected chi connectivity index (χ2v) is 9.59. The summed E-state index contributed by atoms with van der Waals surface area (Å²) in [6.07, 6.45) is 2.05. The number of fused-ring (bicyclic) bond motifs is 2. The van der Waals surface area contributed by atoms with Crippen LogP contribution in [0.5, 0.6) is 0 Å². The summed E-state index contributed by atoms with van der Waals surface area (Å²) >= 11 is 0. The first-order valence-corrected chi connectivity index (χ1v) is 12.2. The average Bonchev–Trinajstić information content (AvgIpc) is 3.28. The van der Waals surface area contributed by atoms with Gasteiger partial charge in [0.05, 0.1) is 6.10 Å². The van der Waals surface area contributed by atoms with Crippen molar-refractivity contribution in [2.75, 3.05) is 0 Å². The predicted molar refractivity (Wildman–Crippen MR) is 134 cm³/mol. The highest BCUT2D eigenvalue weighted by atomic mass is 16.5. The van der Waals surface area contributed by atoms with Gasteiger partial charge in [0.2, 0.25) is 0 Å². The molecule has 4 aromatic rings. The second-order valence-electron chi connectivity index (χ2n) is 9.59. The third-order valence-electron chi connectivity index (χ3n) is 7.64. The fraction of sp³-hybridized carbons (Fsp3) is 0.219. The maximum absolute atomic E-state index is 12.6. The number of Topliss-reactive ketones (excluding diaryl/α,β-unsaturated/α-hetero) is 1. The highest BCUT2D eigenvalue weighted by Crippen LogP contribution is 2.52. The number of hydrogen-bond acceptors (Lipinski definition) is 2. The number of hydrogen-bond donors (Lipinski definition) is 0. The standard InChI is InChI=1S/C32H28O2/c33-28-21-24-20-23-12-10-11-19-29(23)31(30(24)22-28)34-32(25-13-4-1-5-14-25,26-15-6-2-7-16-26)27-17-8-3-9-18-27/h1-19,24,30-31H,20-22H2. The van der Waals surface area contributed by atoms with E-state index in [1.807, 2.05) is 18.2 Å². The lowest BCUT2D eigenvalue weighted by atomic mass is 9.74. The van der Waals surface area contributed by atoms with E-state index in [2.05, 4.69) is 97.1 Å². The number of carbonyl (C=O) groups excluding carboxylic acids is 1. The van der Waals surface area contributed by atoms with E-state index in [1.165, 1.54) is 11.1 Å². The largest absolute Gasteiger partial charge is 0.353 e. The quantitative estimate of drug-likeness (QED) is 0.313. The fourth-order valence-electron chi connectivity index (χ4n) is 6.11. The van der Waals surface area contributed by atoms with Gasteiger partial charge in [-0.1, -0.05) is 115 Å². The van der Waals surface area contributed by atoms with Crippen LogP contribution in [0.25, 0.3) is 0 Å². The van der Waals surface area contributed by atoms with Gasteiger partial charge in [-0.25, -0.2) is 0 Å². The molecule has 3 unspecified atom stereocenters. The Morgan fingerprint density at radius 3 is 1.65 bits per heavy atom. The van der Waals surface area contributed by atoms with Gasteiger partial charge in [0.25, 0.3) is 0 Å². The minimum Gasteiger partial charge on any atom is -0.353 e. The van der Waals surface area contributed by atoms with Crippen LogP contribution in [-0.2, 0) is 21.6 Å². The Morgan fingerprint density at radius 2 is 1.09 bits per heavy atom. The molecule has 0 saturated heterocycles.